The summed E-state index contributed by atoms with van der Waals surface area (Å²) in [5, 5.41) is 0.590. The Morgan fingerprint density at radius 2 is 2.46 bits per heavy atom. The highest BCUT2D eigenvalue weighted by Gasteiger charge is 2.35. The van der Waals surface area contributed by atoms with E-state index in [1.165, 1.54) is 7.11 Å². The Morgan fingerprint density at radius 3 is 2.85 bits per heavy atom. The Morgan fingerprint density at radius 1 is 1.77 bits per heavy atom. The zero-order valence-electron chi connectivity index (χ0n) is 8.45. The van der Waals surface area contributed by atoms with E-state index >= 15 is 0 Å². The average molecular weight is 203 g/mol. The molecule has 1 saturated heterocycles. The summed E-state index contributed by atoms with van der Waals surface area (Å²) < 4.78 is 4.71. The second-order valence-electron chi connectivity index (χ2n) is 3.37. The number of ether oxygens (including phenoxy) is 1. The van der Waals surface area contributed by atoms with E-state index in [1.807, 2.05) is 11.8 Å². The zero-order chi connectivity index (χ0) is 9.84. The lowest BCUT2D eigenvalue weighted by molar-refractivity contribution is -0.151. The maximum Gasteiger partial charge on any atom is 0.323 e. The van der Waals surface area contributed by atoms with Crippen LogP contribution in [-0.2, 0) is 9.53 Å². The monoisotopic (exact) mass is 203 g/mol. The minimum atomic E-state index is -0.0837. The van der Waals surface area contributed by atoms with Crippen LogP contribution in [0.3, 0.4) is 0 Å². The van der Waals surface area contributed by atoms with Crippen molar-refractivity contribution in [1.29, 1.82) is 0 Å². The molecule has 1 aliphatic heterocycles. The molecule has 0 saturated carbocycles. The summed E-state index contributed by atoms with van der Waals surface area (Å²) in [6.07, 6.45) is 3.05. The van der Waals surface area contributed by atoms with Crippen molar-refractivity contribution in [3.63, 3.8) is 0 Å². The molecule has 1 heterocycles. The molecule has 13 heavy (non-hydrogen) atoms. The van der Waals surface area contributed by atoms with E-state index in [0.717, 1.165) is 19.5 Å². The van der Waals surface area contributed by atoms with Crippen LogP contribution in [-0.4, -0.2) is 48.6 Å². The molecule has 2 unspecified atom stereocenters. The smallest absolute Gasteiger partial charge is 0.323 e. The van der Waals surface area contributed by atoms with Crippen molar-refractivity contribution in [2.24, 2.45) is 0 Å². The maximum atomic E-state index is 11.2. The fourth-order valence-electron chi connectivity index (χ4n) is 1.47. The number of nitrogens with zero attached hydrogens (tertiary/aromatic N) is 1. The molecule has 0 aliphatic carbocycles. The summed E-state index contributed by atoms with van der Waals surface area (Å²) in [4.78, 5) is 13.4. The second kappa shape index (κ2) is 4.86. The SMILES string of the molecule is COC(=O)C1CCN1CC(C)SC. The lowest BCUT2D eigenvalue weighted by Gasteiger charge is -2.39. The first-order valence-electron chi connectivity index (χ1n) is 4.53. The first-order valence-corrected chi connectivity index (χ1v) is 5.82. The van der Waals surface area contributed by atoms with E-state index in [4.69, 9.17) is 4.74 Å². The highest BCUT2D eigenvalue weighted by atomic mass is 32.2. The van der Waals surface area contributed by atoms with Gasteiger partial charge in [0.1, 0.15) is 6.04 Å². The van der Waals surface area contributed by atoms with Gasteiger partial charge in [0, 0.05) is 18.3 Å². The quantitative estimate of drug-likeness (QED) is 0.637. The molecule has 0 bridgehead atoms. The number of carbonyl (C=O) groups is 1. The van der Waals surface area contributed by atoms with Crippen LogP contribution in [0, 0.1) is 0 Å². The third kappa shape index (κ3) is 2.61. The van der Waals surface area contributed by atoms with Gasteiger partial charge in [-0.15, -0.1) is 0 Å². The predicted octanol–water partition coefficient (Wildman–Crippen LogP) is 0.985. The number of methoxy groups -OCH3 is 1. The van der Waals surface area contributed by atoms with Crippen LogP contribution >= 0.6 is 11.8 Å². The third-order valence-corrected chi connectivity index (χ3v) is 3.45. The molecule has 1 fully saturated rings. The van der Waals surface area contributed by atoms with Crippen molar-refractivity contribution in [3.05, 3.63) is 0 Å². The maximum absolute atomic E-state index is 11.2. The van der Waals surface area contributed by atoms with Crippen molar-refractivity contribution < 1.29 is 9.53 Å². The van der Waals surface area contributed by atoms with Gasteiger partial charge in [0.25, 0.3) is 0 Å². The predicted molar refractivity (Wildman–Crippen MR) is 55.0 cm³/mol. The van der Waals surface area contributed by atoms with E-state index in [9.17, 15) is 4.79 Å². The molecule has 4 heteroatoms. The molecule has 0 spiro atoms. The summed E-state index contributed by atoms with van der Waals surface area (Å²) >= 11 is 1.83. The average Bonchev–Trinajstić information content (AvgIpc) is 2.11. The number of rotatable bonds is 4. The number of esters is 1. The van der Waals surface area contributed by atoms with Crippen molar-refractivity contribution in [2.75, 3.05) is 26.5 Å². The first-order chi connectivity index (χ1) is 6.19. The Balaban J connectivity index is 2.32. The number of likely N-dealkylation sites (tertiary alicyclic amines) is 1. The van der Waals surface area contributed by atoms with Gasteiger partial charge in [0.15, 0.2) is 0 Å². The van der Waals surface area contributed by atoms with Gasteiger partial charge in [0.2, 0.25) is 0 Å². The van der Waals surface area contributed by atoms with Crippen LogP contribution < -0.4 is 0 Å². The van der Waals surface area contributed by atoms with Crippen LogP contribution in [0.15, 0.2) is 0 Å². The van der Waals surface area contributed by atoms with E-state index < -0.39 is 0 Å². The van der Waals surface area contributed by atoms with Crippen LogP contribution in [0.1, 0.15) is 13.3 Å². The number of hydrogen-bond donors (Lipinski definition) is 0. The Hall–Kier alpha value is -0.220. The largest absolute Gasteiger partial charge is 0.468 e. The molecule has 0 aromatic heterocycles. The summed E-state index contributed by atoms with van der Waals surface area (Å²) in [6, 6.07) is 0.0274. The van der Waals surface area contributed by atoms with Gasteiger partial charge >= 0.3 is 5.97 Å². The molecule has 1 aliphatic rings. The summed E-state index contributed by atoms with van der Waals surface area (Å²) in [7, 11) is 1.46. The van der Waals surface area contributed by atoms with Crippen molar-refractivity contribution >= 4 is 17.7 Å². The molecule has 0 radical (unpaired) electrons. The van der Waals surface area contributed by atoms with E-state index in [0.29, 0.717) is 5.25 Å². The lowest BCUT2D eigenvalue weighted by Crippen LogP contribution is -2.54. The summed E-state index contributed by atoms with van der Waals surface area (Å²) in [6.45, 7) is 4.20. The van der Waals surface area contributed by atoms with E-state index in [-0.39, 0.29) is 12.0 Å². The molecule has 1 rings (SSSR count). The van der Waals surface area contributed by atoms with Crippen LogP contribution in [0.25, 0.3) is 0 Å². The van der Waals surface area contributed by atoms with Gasteiger partial charge in [-0.3, -0.25) is 9.69 Å². The summed E-state index contributed by atoms with van der Waals surface area (Å²) in [5.41, 5.74) is 0. The fraction of sp³-hybridized carbons (Fsp3) is 0.889. The first kappa shape index (κ1) is 10.9. The number of hydrogen-bond acceptors (Lipinski definition) is 4. The minimum Gasteiger partial charge on any atom is -0.468 e. The normalized spacial score (nSPS) is 25.0. The molecule has 0 aromatic rings. The van der Waals surface area contributed by atoms with Gasteiger partial charge in [0.05, 0.1) is 7.11 Å². The molecule has 2 atom stereocenters. The summed E-state index contributed by atoms with van der Waals surface area (Å²) in [5.74, 6) is -0.0837. The van der Waals surface area contributed by atoms with Crippen molar-refractivity contribution in [3.8, 4) is 0 Å². The Kier molecular flexibility index (Phi) is 4.06. The molecule has 0 N–H and O–H groups in total. The Labute approximate surface area is 83.8 Å². The van der Waals surface area contributed by atoms with Crippen LogP contribution in [0.4, 0.5) is 0 Å². The fourth-order valence-corrected chi connectivity index (χ4v) is 1.81. The molecular formula is C9H17NO2S. The standard InChI is InChI=1S/C9H17NO2S/c1-7(13-3)6-10-5-4-8(10)9(11)12-2/h7-8H,4-6H2,1-3H3. The minimum absolute atomic E-state index is 0.0274. The molecule has 3 nitrogen and oxygen atoms in total. The molecular weight excluding hydrogens is 186 g/mol. The van der Waals surface area contributed by atoms with Gasteiger partial charge in [-0.2, -0.15) is 11.8 Å². The van der Waals surface area contributed by atoms with Crippen molar-refractivity contribution in [2.45, 2.75) is 24.6 Å². The topological polar surface area (TPSA) is 29.5 Å². The van der Waals surface area contributed by atoms with Gasteiger partial charge in [-0.1, -0.05) is 6.92 Å². The second-order valence-corrected chi connectivity index (χ2v) is 4.65. The molecule has 0 aromatic carbocycles. The van der Waals surface area contributed by atoms with Crippen LogP contribution in [0.2, 0.25) is 0 Å². The highest BCUT2D eigenvalue weighted by molar-refractivity contribution is 7.99. The van der Waals surface area contributed by atoms with Gasteiger partial charge in [-0.05, 0) is 12.7 Å². The zero-order valence-corrected chi connectivity index (χ0v) is 9.26. The highest BCUT2D eigenvalue weighted by Crippen LogP contribution is 2.21. The number of carbonyl (C=O) groups excluding carboxylic acids is 1. The number of thioether (sulfide) groups is 1. The van der Waals surface area contributed by atoms with Crippen LogP contribution in [0.5, 0.6) is 0 Å². The van der Waals surface area contributed by atoms with Gasteiger partial charge < -0.3 is 4.74 Å². The third-order valence-electron chi connectivity index (χ3n) is 2.50. The van der Waals surface area contributed by atoms with Gasteiger partial charge in [-0.25, -0.2) is 0 Å². The molecule has 0 amide bonds. The van der Waals surface area contributed by atoms with E-state index in [1.54, 1.807) is 0 Å². The van der Waals surface area contributed by atoms with E-state index in [2.05, 4.69) is 18.1 Å². The lowest BCUT2D eigenvalue weighted by atomic mass is 10.0. The Bertz CT molecular complexity index is 186. The molecule has 76 valence electrons. The van der Waals surface area contributed by atoms with Crippen molar-refractivity contribution in [1.82, 2.24) is 4.90 Å².